The van der Waals surface area contributed by atoms with Crippen LogP contribution < -0.4 is 4.52 Å². The molecule has 9 heteroatoms. The van der Waals surface area contributed by atoms with Crippen LogP contribution in [0, 0.1) is 13.8 Å². The minimum absolute atomic E-state index is 0. The predicted molar refractivity (Wildman–Crippen MR) is 142 cm³/mol. The zero-order valence-corrected chi connectivity index (χ0v) is 24.2. The fourth-order valence-corrected chi connectivity index (χ4v) is 5.46. The van der Waals surface area contributed by atoms with Crippen molar-refractivity contribution in [2.24, 2.45) is 0 Å². The van der Waals surface area contributed by atoms with Crippen molar-refractivity contribution in [1.82, 2.24) is 0 Å². The van der Waals surface area contributed by atoms with Gasteiger partial charge in [0.25, 0.3) is 0 Å². The van der Waals surface area contributed by atoms with E-state index in [1.54, 1.807) is 31.2 Å². The molecule has 192 valence electrons. The van der Waals surface area contributed by atoms with Crippen LogP contribution in [0.15, 0.2) is 48.5 Å². The van der Waals surface area contributed by atoms with E-state index >= 15 is 0 Å². The van der Waals surface area contributed by atoms with Gasteiger partial charge < -0.3 is 14.4 Å². The van der Waals surface area contributed by atoms with Crippen molar-refractivity contribution in [3.63, 3.8) is 0 Å². The van der Waals surface area contributed by atoms with Gasteiger partial charge in [-0.1, -0.05) is 45.9 Å². The summed E-state index contributed by atoms with van der Waals surface area (Å²) in [7, 11) is -4.80. The van der Waals surface area contributed by atoms with E-state index in [1.807, 2.05) is 58.9 Å². The first-order chi connectivity index (χ1) is 16.8. The van der Waals surface area contributed by atoms with Gasteiger partial charge in [-0.25, -0.2) is 9.36 Å². The van der Waals surface area contributed by atoms with Gasteiger partial charge in [0, 0.05) is 39.7 Å². The van der Waals surface area contributed by atoms with Gasteiger partial charge in [0.15, 0.2) is 5.60 Å². The van der Waals surface area contributed by atoms with Crippen molar-refractivity contribution in [2.45, 2.75) is 59.0 Å². The quantitative estimate of drug-likeness (QED) is 0.208. The number of fused-ring (bicyclic) bond motifs is 1. The van der Waals surface area contributed by atoms with E-state index in [-0.39, 0.29) is 46.4 Å². The number of hydrogen-bond donors (Lipinski definition) is 3. The highest BCUT2D eigenvalue weighted by atomic mass is 31.2. The van der Waals surface area contributed by atoms with Crippen molar-refractivity contribution in [1.29, 1.82) is 0 Å². The third kappa shape index (κ3) is 5.18. The Morgan fingerprint density at radius 2 is 1.41 bits per heavy atom. The summed E-state index contributed by atoms with van der Waals surface area (Å²) in [5.74, 6) is -0.352. The van der Waals surface area contributed by atoms with Crippen LogP contribution in [0.5, 0.6) is 11.5 Å². The molecule has 1 unspecified atom stereocenters. The average molecular weight is 535 g/mol. The summed E-state index contributed by atoms with van der Waals surface area (Å²) in [4.78, 5) is 32.2. The number of phosphoric ester groups is 1. The average Bonchev–Trinajstić information content (AvgIpc) is 3.05. The molecule has 1 atom stereocenters. The summed E-state index contributed by atoms with van der Waals surface area (Å²) in [5, 5.41) is 10.6. The number of phosphoric acid groups is 1. The molecule has 4 rings (SSSR count). The highest BCUT2D eigenvalue weighted by Gasteiger charge is 2.50. The molecule has 0 fully saturated rings. The van der Waals surface area contributed by atoms with Crippen molar-refractivity contribution < 1.29 is 33.5 Å². The van der Waals surface area contributed by atoms with Gasteiger partial charge in [0.1, 0.15) is 11.5 Å². The molecule has 2 radical (unpaired) electrons. The number of aryl methyl sites for hydroxylation is 2. The van der Waals surface area contributed by atoms with Crippen LogP contribution in [-0.4, -0.2) is 43.9 Å². The monoisotopic (exact) mass is 534 g/mol. The number of carbonyl (C=O) groups is 1. The molecule has 0 saturated carbocycles. The lowest BCUT2D eigenvalue weighted by Gasteiger charge is -2.34. The zero-order valence-electron chi connectivity index (χ0n) is 21.9. The topological polar surface area (TPSA) is 113 Å². The zero-order chi connectivity index (χ0) is 26.6. The second kappa shape index (κ2) is 10.4. The fourth-order valence-electron chi connectivity index (χ4n) is 5.05. The number of hydrogen-bond acceptors (Lipinski definition) is 5. The smallest absolute Gasteiger partial charge is 0.508 e. The van der Waals surface area contributed by atoms with Crippen molar-refractivity contribution in [2.75, 3.05) is 0 Å². The summed E-state index contributed by atoms with van der Waals surface area (Å²) in [6.45, 7) is 11.4. The number of esters is 1. The number of carbonyl (C=O) groups excluding carboxylic acids is 1. The van der Waals surface area contributed by atoms with Crippen molar-refractivity contribution >= 4 is 36.8 Å². The standard InChI is InChI=1S/C28H31O7P.Mg/c1-15(2)20-13-23(17(5)11-25(20)29)28(22-10-8-7-9-19(22)27(30)34-28)24-14-21(16(3)4)26(12-18(24)6)35-36(31,32)33;/h7-16,29H,1-6H3,(H2,31,32,33);. The van der Waals surface area contributed by atoms with E-state index in [4.69, 9.17) is 9.26 Å². The van der Waals surface area contributed by atoms with E-state index < -0.39 is 19.4 Å². The molecule has 1 aliphatic heterocycles. The maximum absolute atomic E-state index is 13.2. The number of phenolic OH excluding ortho intramolecular Hbond substituents is 1. The van der Waals surface area contributed by atoms with E-state index in [2.05, 4.69) is 0 Å². The molecule has 1 heterocycles. The molecule has 0 aliphatic carbocycles. The van der Waals surface area contributed by atoms with Gasteiger partial charge in [-0.15, -0.1) is 0 Å². The fraction of sp³-hybridized carbons (Fsp3) is 0.321. The third-order valence-corrected chi connectivity index (χ3v) is 7.16. The number of phenols is 1. The molecule has 0 bridgehead atoms. The Balaban J connectivity index is 0.00000380. The first-order valence-electron chi connectivity index (χ1n) is 11.8. The summed E-state index contributed by atoms with van der Waals surface area (Å²) < 4.78 is 23.0. The van der Waals surface area contributed by atoms with E-state index in [1.165, 1.54) is 0 Å². The Hall–Kier alpha value is -2.35. The SMILES string of the molecule is Cc1cc(O)c(C(C)C)cc1C1(c2cc(C(C)C)c(OP(=O)(O)O)cc2C)OC(=O)c2ccccc21.[Mg]. The van der Waals surface area contributed by atoms with Gasteiger partial charge in [0.05, 0.1) is 5.56 Å². The molecule has 0 saturated heterocycles. The van der Waals surface area contributed by atoms with Crippen LogP contribution >= 0.6 is 7.82 Å². The molecule has 3 N–H and O–H groups in total. The molecular formula is C28H31MgO7P. The lowest BCUT2D eigenvalue weighted by Crippen LogP contribution is -2.32. The highest BCUT2D eigenvalue weighted by molar-refractivity contribution is 7.46. The predicted octanol–water partition coefficient (Wildman–Crippen LogP) is 5.81. The first-order valence-corrected chi connectivity index (χ1v) is 13.4. The summed E-state index contributed by atoms with van der Waals surface area (Å²) in [6.07, 6.45) is 0. The highest BCUT2D eigenvalue weighted by Crippen LogP contribution is 2.52. The van der Waals surface area contributed by atoms with Crippen LogP contribution in [0.2, 0.25) is 0 Å². The Bertz CT molecular complexity index is 1410. The van der Waals surface area contributed by atoms with Crippen molar-refractivity contribution in [3.8, 4) is 11.5 Å². The second-order valence-electron chi connectivity index (χ2n) is 9.94. The number of benzene rings is 3. The molecule has 0 aromatic heterocycles. The van der Waals surface area contributed by atoms with Crippen molar-refractivity contribution in [3.05, 3.63) is 93.0 Å². The molecule has 7 nitrogen and oxygen atoms in total. The lowest BCUT2D eigenvalue weighted by atomic mass is 9.74. The minimum atomic E-state index is -4.80. The van der Waals surface area contributed by atoms with Gasteiger partial charge in [-0.05, 0) is 78.3 Å². The summed E-state index contributed by atoms with van der Waals surface area (Å²) in [5.41, 5.74) is 3.81. The molecular weight excluding hydrogens is 504 g/mol. The number of rotatable bonds is 6. The molecule has 3 aromatic carbocycles. The van der Waals surface area contributed by atoms with Crippen LogP contribution in [0.1, 0.15) is 88.8 Å². The lowest BCUT2D eigenvalue weighted by molar-refractivity contribution is 0.0247. The molecule has 1 aliphatic rings. The second-order valence-corrected chi connectivity index (χ2v) is 11.1. The number of aromatic hydroxyl groups is 1. The number of ether oxygens (including phenoxy) is 1. The largest absolute Gasteiger partial charge is 0.524 e. The first kappa shape index (κ1) is 29.2. The van der Waals surface area contributed by atoms with E-state index in [0.29, 0.717) is 33.4 Å². The Morgan fingerprint density at radius 3 is 1.97 bits per heavy atom. The summed E-state index contributed by atoms with van der Waals surface area (Å²) in [6, 6.07) is 14.2. The minimum Gasteiger partial charge on any atom is -0.508 e. The molecule has 37 heavy (non-hydrogen) atoms. The number of cyclic esters (lactones) is 1. The van der Waals surface area contributed by atoms with Gasteiger partial charge >= 0.3 is 13.8 Å². The maximum atomic E-state index is 13.2. The Kier molecular flexibility index (Phi) is 8.23. The van der Waals surface area contributed by atoms with Gasteiger partial charge in [-0.3, -0.25) is 9.79 Å². The molecule has 3 aromatic rings. The van der Waals surface area contributed by atoms with Gasteiger partial charge in [-0.2, -0.15) is 0 Å². The van der Waals surface area contributed by atoms with E-state index in [9.17, 15) is 24.3 Å². The van der Waals surface area contributed by atoms with Gasteiger partial charge in [0.2, 0.25) is 0 Å². The molecule has 0 spiro atoms. The normalized spacial score (nSPS) is 17.0. The maximum Gasteiger partial charge on any atom is 0.524 e. The summed E-state index contributed by atoms with van der Waals surface area (Å²) >= 11 is 0. The van der Waals surface area contributed by atoms with Crippen LogP contribution in [-0.2, 0) is 14.9 Å². The van der Waals surface area contributed by atoms with Crippen LogP contribution in [0.4, 0.5) is 0 Å². The molecule has 0 amide bonds. The van der Waals surface area contributed by atoms with Crippen LogP contribution in [0.25, 0.3) is 0 Å². The Labute approximate surface area is 233 Å². The Morgan fingerprint density at radius 1 is 0.865 bits per heavy atom. The van der Waals surface area contributed by atoms with E-state index in [0.717, 1.165) is 11.1 Å². The van der Waals surface area contributed by atoms with Crippen LogP contribution in [0.3, 0.4) is 0 Å². The third-order valence-electron chi connectivity index (χ3n) is 6.72.